The lowest BCUT2D eigenvalue weighted by molar-refractivity contribution is -0.119. The van der Waals surface area contributed by atoms with E-state index in [-0.39, 0.29) is 18.0 Å². The Bertz CT molecular complexity index is 782. The molecule has 2 saturated heterocycles. The zero-order chi connectivity index (χ0) is 18.8. The lowest BCUT2D eigenvalue weighted by Gasteiger charge is -2.16. The summed E-state index contributed by atoms with van der Waals surface area (Å²) in [5.41, 5.74) is 0.442. The number of hydrogen-bond donors (Lipinski definition) is 1. The number of benzene rings is 2. The molecule has 0 spiro atoms. The lowest BCUT2D eigenvalue weighted by atomic mass is 10.2. The molecule has 1 unspecified atom stereocenters. The Morgan fingerprint density at radius 3 is 2.19 bits per heavy atom. The van der Waals surface area contributed by atoms with E-state index in [9.17, 15) is 9.59 Å². The van der Waals surface area contributed by atoms with Gasteiger partial charge in [-0.3, -0.25) is 4.79 Å². The number of nitrogens with zero attached hydrogens (tertiary/aromatic N) is 2. The normalized spacial score (nSPS) is 18.7. The van der Waals surface area contributed by atoms with E-state index in [2.05, 4.69) is 15.9 Å². The van der Waals surface area contributed by atoms with Gasteiger partial charge in [0.2, 0.25) is 0 Å². The summed E-state index contributed by atoms with van der Waals surface area (Å²) in [4.78, 5) is 27.1. The Kier molecular flexibility index (Phi) is 5.75. The summed E-state index contributed by atoms with van der Waals surface area (Å²) >= 11 is 15.0. The standard InChI is InChI=1S/C12H10Cl2N2O2.C6H5BrO/c13-7-4-8(14)6-9(5-7)16-11(17)10-2-1-3-15(10)12(16)18;7-5-1-3-6(8)4-2-5/h4-6,10H,1-3H2;1-4,8H. The van der Waals surface area contributed by atoms with E-state index in [1.165, 1.54) is 4.90 Å². The quantitative estimate of drug-likeness (QED) is 0.607. The molecule has 0 aliphatic carbocycles. The molecule has 4 rings (SSSR count). The zero-order valence-corrected chi connectivity index (χ0v) is 16.6. The van der Waals surface area contributed by atoms with Crippen molar-refractivity contribution in [1.29, 1.82) is 0 Å². The van der Waals surface area contributed by atoms with Crippen molar-refractivity contribution in [3.05, 3.63) is 57.0 Å². The number of anilines is 1. The van der Waals surface area contributed by atoms with Gasteiger partial charge in [-0.1, -0.05) is 39.1 Å². The number of rotatable bonds is 1. The minimum absolute atomic E-state index is 0.184. The van der Waals surface area contributed by atoms with Gasteiger partial charge in [0.15, 0.2) is 0 Å². The van der Waals surface area contributed by atoms with Crippen molar-refractivity contribution in [1.82, 2.24) is 4.90 Å². The number of amides is 3. The summed E-state index contributed by atoms with van der Waals surface area (Å²) in [5, 5.41) is 9.55. The summed E-state index contributed by atoms with van der Waals surface area (Å²) in [6.07, 6.45) is 1.61. The monoisotopic (exact) mass is 456 g/mol. The summed E-state index contributed by atoms with van der Waals surface area (Å²) < 4.78 is 0.982. The van der Waals surface area contributed by atoms with Crippen LogP contribution in [0.2, 0.25) is 10.0 Å². The maximum Gasteiger partial charge on any atom is 0.332 e. The van der Waals surface area contributed by atoms with Crippen LogP contribution in [-0.2, 0) is 4.79 Å². The summed E-state index contributed by atoms with van der Waals surface area (Å²) in [6.45, 7) is 0.639. The van der Waals surface area contributed by atoms with Crippen molar-refractivity contribution >= 4 is 56.8 Å². The Morgan fingerprint density at radius 2 is 1.65 bits per heavy atom. The van der Waals surface area contributed by atoms with Gasteiger partial charge in [0.05, 0.1) is 5.69 Å². The second-order valence-corrected chi connectivity index (χ2v) is 7.70. The maximum atomic E-state index is 12.2. The summed E-state index contributed by atoms with van der Waals surface area (Å²) in [5.74, 6) is 0.115. The fraction of sp³-hybridized carbons (Fsp3) is 0.222. The van der Waals surface area contributed by atoms with Crippen LogP contribution < -0.4 is 4.90 Å². The molecule has 2 aliphatic heterocycles. The molecule has 2 fully saturated rings. The second-order valence-electron chi connectivity index (χ2n) is 5.91. The molecule has 5 nitrogen and oxygen atoms in total. The highest BCUT2D eigenvalue weighted by Gasteiger charge is 2.48. The molecule has 2 aromatic carbocycles. The number of urea groups is 1. The van der Waals surface area contributed by atoms with Gasteiger partial charge in [0.25, 0.3) is 5.91 Å². The van der Waals surface area contributed by atoms with Crippen molar-refractivity contribution in [3.63, 3.8) is 0 Å². The van der Waals surface area contributed by atoms with Crippen LogP contribution in [0.25, 0.3) is 0 Å². The molecule has 0 aromatic heterocycles. The second kappa shape index (κ2) is 7.86. The first-order valence-electron chi connectivity index (χ1n) is 7.92. The average molecular weight is 458 g/mol. The summed E-state index contributed by atoms with van der Waals surface area (Å²) in [6, 6.07) is 11.0. The third-order valence-corrected chi connectivity index (χ3v) is 5.09. The molecule has 26 heavy (non-hydrogen) atoms. The molecular weight excluding hydrogens is 443 g/mol. The SMILES string of the molecule is O=C1C2CCCN2C(=O)N1c1cc(Cl)cc(Cl)c1.Oc1ccc(Br)cc1. The number of hydrogen-bond acceptors (Lipinski definition) is 3. The van der Waals surface area contributed by atoms with Crippen LogP contribution in [0.15, 0.2) is 46.9 Å². The number of aromatic hydroxyl groups is 1. The minimum atomic E-state index is -0.310. The van der Waals surface area contributed by atoms with Gasteiger partial charge in [-0.05, 0) is 55.3 Å². The molecule has 2 heterocycles. The van der Waals surface area contributed by atoms with Crippen LogP contribution in [0.3, 0.4) is 0 Å². The van der Waals surface area contributed by atoms with Gasteiger partial charge < -0.3 is 10.0 Å². The third kappa shape index (κ3) is 3.98. The third-order valence-electron chi connectivity index (χ3n) is 4.13. The number of halogens is 3. The smallest absolute Gasteiger partial charge is 0.332 e. The molecule has 0 bridgehead atoms. The van der Waals surface area contributed by atoms with Crippen LogP contribution >= 0.6 is 39.1 Å². The molecule has 2 aliphatic rings. The highest BCUT2D eigenvalue weighted by Crippen LogP contribution is 2.33. The Labute approximate surface area is 169 Å². The van der Waals surface area contributed by atoms with Crippen molar-refractivity contribution < 1.29 is 14.7 Å². The molecule has 136 valence electrons. The largest absolute Gasteiger partial charge is 0.508 e. The van der Waals surface area contributed by atoms with Crippen molar-refractivity contribution in [2.75, 3.05) is 11.4 Å². The number of phenolic OH excluding ortho intramolecular Hbond substituents is 1. The molecule has 3 amide bonds. The van der Waals surface area contributed by atoms with Crippen molar-refractivity contribution in [3.8, 4) is 5.75 Å². The van der Waals surface area contributed by atoms with E-state index in [1.54, 1.807) is 47.4 Å². The van der Waals surface area contributed by atoms with Crippen molar-refractivity contribution in [2.24, 2.45) is 0 Å². The number of imide groups is 1. The van der Waals surface area contributed by atoms with E-state index in [1.807, 2.05) is 0 Å². The maximum absolute atomic E-state index is 12.2. The Balaban J connectivity index is 0.000000206. The van der Waals surface area contributed by atoms with Gasteiger partial charge in [0.1, 0.15) is 11.8 Å². The van der Waals surface area contributed by atoms with E-state index < -0.39 is 0 Å². The van der Waals surface area contributed by atoms with E-state index in [4.69, 9.17) is 28.3 Å². The molecule has 8 heteroatoms. The Morgan fingerprint density at radius 1 is 1.04 bits per heavy atom. The highest BCUT2D eigenvalue weighted by molar-refractivity contribution is 9.10. The van der Waals surface area contributed by atoms with Crippen LogP contribution in [0.1, 0.15) is 12.8 Å². The fourth-order valence-electron chi connectivity index (χ4n) is 2.97. The van der Waals surface area contributed by atoms with Gasteiger partial charge in [-0.2, -0.15) is 0 Å². The van der Waals surface area contributed by atoms with Crippen LogP contribution in [0.4, 0.5) is 10.5 Å². The first kappa shape index (κ1) is 19.0. The Hall–Kier alpha value is -1.76. The molecule has 0 radical (unpaired) electrons. The molecular formula is C18H15BrCl2N2O3. The van der Waals surface area contributed by atoms with Crippen LogP contribution in [-0.4, -0.2) is 34.5 Å². The average Bonchev–Trinajstić information content (AvgIpc) is 3.14. The molecule has 0 saturated carbocycles. The van der Waals surface area contributed by atoms with Gasteiger partial charge in [0, 0.05) is 21.1 Å². The van der Waals surface area contributed by atoms with E-state index in [0.29, 0.717) is 28.0 Å². The number of carbonyl (C=O) groups excluding carboxylic acids is 2. The highest BCUT2D eigenvalue weighted by atomic mass is 79.9. The number of fused-ring (bicyclic) bond motifs is 1. The molecule has 1 atom stereocenters. The van der Waals surface area contributed by atoms with Crippen LogP contribution in [0, 0.1) is 0 Å². The predicted octanol–water partition coefficient (Wildman–Crippen LogP) is 5.08. The fourth-order valence-corrected chi connectivity index (χ4v) is 3.75. The minimum Gasteiger partial charge on any atom is -0.508 e. The van der Waals surface area contributed by atoms with E-state index >= 15 is 0 Å². The van der Waals surface area contributed by atoms with Crippen LogP contribution in [0.5, 0.6) is 5.75 Å². The van der Waals surface area contributed by atoms with Crippen molar-refractivity contribution in [2.45, 2.75) is 18.9 Å². The van der Waals surface area contributed by atoms with Gasteiger partial charge in [-0.25, -0.2) is 9.69 Å². The van der Waals surface area contributed by atoms with E-state index in [0.717, 1.165) is 17.3 Å². The number of phenols is 1. The first-order valence-corrected chi connectivity index (χ1v) is 9.47. The molecule has 2 aromatic rings. The predicted molar refractivity (Wildman–Crippen MR) is 105 cm³/mol. The number of carbonyl (C=O) groups is 2. The first-order chi connectivity index (χ1) is 12.4. The van der Waals surface area contributed by atoms with Gasteiger partial charge >= 0.3 is 6.03 Å². The zero-order valence-electron chi connectivity index (χ0n) is 13.5. The lowest BCUT2D eigenvalue weighted by Crippen LogP contribution is -2.33. The topological polar surface area (TPSA) is 60.9 Å². The van der Waals surface area contributed by atoms with Gasteiger partial charge in [-0.15, -0.1) is 0 Å². The molecule has 1 N–H and O–H groups in total. The summed E-state index contributed by atoms with van der Waals surface area (Å²) in [7, 11) is 0.